The van der Waals surface area contributed by atoms with Crippen LogP contribution in [0.5, 0.6) is 5.75 Å². The zero-order valence-corrected chi connectivity index (χ0v) is 25.0. The molecular weight excluding hydrogens is 554 g/mol. The topological polar surface area (TPSA) is 125 Å². The van der Waals surface area contributed by atoms with Gasteiger partial charge in [0.15, 0.2) is 0 Å². The predicted octanol–water partition coefficient (Wildman–Crippen LogP) is 5.82. The summed E-state index contributed by atoms with van der Waals surface area (Å²) in [7, 11) is 1.55. The predicted molar refractivity (Wildman–Crippen MR) is 165 cm³/mol. The average Bonchev–Trinajstić information content (AvgIpc) is 3.02. The molecule has 9 heteroatoms. The number of aliphatic hydroxyl groups is 1. The Morgan fingerprint density at radius 2 is 1.95 bits per heavy atom. The third-order valence-electron chi connectivity index (χ3n) is 8.25. The molecule has 1 aliphatic heterocycles. The van der Waals surface area contributed by atoms with Crippen molar-refractivity contribution in [3.8, 4) is 16.9 Å². The van der Waals surface area contributed by atoms with Crippen LogP contribution >= 0.6 is 11.6 Å². The maximum absolute atomic E-state index is 13.7. The number of nitrogens with one attached hydrogen (secondary N) is 1. The summed E-state index contributed by atoms with van der Waals surface area (Å²) in [4.78, 5) is 26.6. The van der Waals surface area contributed by atoms with Gasteiger partial charge in [0.1, 0.15) is 5.75 Å². The van der Waals surface area contributed by atoms with Crippen LogP contribution < -0.4 is 15.8 Å². The number of hydrogen-bond acceptors (Lipinski definition) is 5. The lowest BCUT2D eigenvalue weighted by Gasteiger charge is -2.44. The number of methoxy groups -OCH3 is 1. The first-order valence-electron chi connectivity index (χ1n) is 14.5. The van der Waals surface area contributed by atoms with Crippen LogP contribution in [0.3, 0.4) is 0 Å². The van der Waals surface area contributed by atoms with Crippen molar-refractivity contribution in [1.29, 1.82) is 0 Å². The Bertz CT molecular complexity index is 1410. The number of benzene rings is 3. The molecule has 0 radical (unpaired) electrons. The number of amides is 2. The van der Waals surface area contributed by atoms with Gasteiger partial charge in [-0.25, -0.2) is 4.79 Å². The Labute approximate surface area is 252 Å². The molecule has 2 amide bonds. The fourth-order valence-electron chi connectivity index (χ4n) is 6.02. The molecule has 4 rings (SSSR count). The summed E-state index contributed by atoms with van der Waals surface area (Å²) in [6.07, 6.45) is 1.86. The van der Waals surface area contributed by atoms with Crippen LogP contribution in [0.15, 0.2) is 60.7 Å². The molecule has 0 spiro atoms. The molecule has 1 fully saturated rings. The molecule has 42 heavy (non-hydrogen) atoms. The van der Waals surface area contributed by atoms with Crippen molar-refractivity contribution >= 4 is 23.6 Å². The zero-order chi connectivity index (χ0) is 30.3. The zero-order valence-electron chi connectivity index (χ0n) is 24.2. The molecule has 3 aromatic rings. The first-order valence-corrected chi connectivity index (χ1v) is 14.8. The fourth-order valence-corrected chi connectivity index (χ4v) is 6.30. The SMILES string of the molecule is CCc1cccc(-c2c(Cl)cccc2[C@](O)(CCCNC(=O)O)[C@@H]2CCCN(C(=O)c3ccc(CN)c(OC)c3)C2)c1. The van der Waals surface area contributed by atoms with Crippen LogP contribution in [0.2, 0.25) is 5.02 Å². The van der Waals surface area contributed by atoms with Crippen molar-refractivity contribution in [2.75, 3.05) is 26.7 Å². The van der Waals surface area contributed by atoms with E-state index in [4.69, 9.17) is 27.2 Å². The molecule has 0 aliphatic carbocycles. The number of piperidine rings is 1. The third-order valence-corrected chi connectivity index (χ3v) is 8.57. The lowest BCUT2D eigenvalue weighted by atomic mass is 9.72. The van der Waals surface area contributed by atoms with Crippen LogP contribution in [0.25, 0.3) is 11.1 Å². The molecule has 0 saturated carbocycles. The summed E-state index contributed by atoms with van der Waals surface area (Å²) in [5.74, 6) is 0.118. The van der Waals surface area contributed by atoms with Gasteiger partial charge in [0, 0.05) is 53.8 Å². The van der Waals surface area contributed by atoms with Crippen LogP contribution in [-0.4, -0.2) is 53.9 Å². The summed E-state index contributed by atoms with van der Waals surface area (Å²) in [5, 5.41) is 24.7. The minimum absolute atomic E-state index is 0.140. The fraction of sp³-hybridized carbons (Fsp3) is 0.394. The van der Waals surface area contributed by atoms with E-state index >= 15 is 0 Å². The Kier molecular flexibility index (Phi) is 10.5. The van der Waals surface area contributed by atoms with Gasteiger partial charge in [0.05, 0.1) is 12.7 Å². The maximum Gasteiger partial charge on any atom is 0.404 e. The molecular formula is C33H40ClN3O5. The number of rotatable bonds is 11. The van der Waals surface area contributed by atoms with E-state index in [1.54, 1.807) is 24.1 Å². The lowest BCUT2D eigenvalue weighted by Crippen LogP contribution is -2.48. The van der Waals surface area contributed by atoms with Crippen molar-refractivity contribution in [3.63, 3.8) is 0 Å². The number of carbonyl (C=O) groups is 2. The van der Waals surface area contributed by atoms with E-state index in [1.807, 2.05) is 36.4 Å². The van der Waals surface area contributed by atoms with Crippen LogP contribution in [0, 0.1) is 5.92 Å². The van der Waals surface area contributed by atoms with Gasteiger partial charge in [-0.2, -0.15) is 0 Å². The maximum atomic E-state index is 13.7. The van der Waals surface area contributed by atoms with E-state index in [9.17, 15) is 14.7 Å². The van der Waals surface area contributed by atoms with E-state index in [2.05, 4.69) is 24.4 Å². The van der Waals surface area contributed by atoms with E-state index in [0.29, 0.717) is 67.2 Å². The number of aryl methyl sites for hydroxylation is 1. The second-order valence-corrected chi connectivity index (χ2v) is 11.2. The van der Waals surface area contributed by atoms with Crippen LogP contribution in [0.1, 0.15) is 59.7 Å². The first kappa shape index (κ1) is 31.3. The van der Waals surface area contributed by atoms with Gasteiger partial charge in [0.25, 0.3) is 5.91 Å². The van der Waals surface area contributed by atoms with E-state index in [1.165, 1.54) is 0 Å². The second-order valence-electron chi connectivity index (χ2n) is 10.8. The molecule has 8 nitrogen and oxygen atoms in total. The first-order chi connectivity index (χ1) is 20.2. The minimum atomic E-state index is -1.37. The number of halogens is 1. The van der Waals surface area contributed by atoms with Crippen LogP contribution in [-0.2, 0) is 18.6 Å². The Morgan fingerprint density at radius 3 is 2.67 bits per heavy atom. The lowest BCUT2D eigenvalue weighted by molar-refractivity contribution is -0.0563. The summed E-state index contributed by atoms with van der Waals surface area (Å²) in [5.41, 5.74) is 9.26. The molecule has 1 saturated heterocycles. The molecule has 3 aromatic carbocycles. The van der Waals surface area contributed by atoms with Crippen molar-refractivity contribution < 1.29 is 24.5 Å². The molecule has 5 N–H and O–H groups in total. The number of carbonyl (C=O) groups excluding carboxylic acids is 1. The highest BCUT2D eigenvalue weighted by Gasteiger charge is 2.43. The summed E-state index contributed by atoms with van der Waals surface area (Å²) in [6.45, 7) is 3.49. The molecule has 1 aliphatic rings. The van der Waals surface area contributed by atoms with E-state index < -0.39 is 11.7 Å². The highest BCUT2D eigenvalue weighted by molar-refractivity contribution is 6.33. The number of ether oxygens (including phenoxy) is 1. The van der Waals surface area contributed by atoms with Gasteiger partial charge in [-0.3, -0.25) is 4.79 Å². The number of nitrogens with two attached hydrogens (primary N) is 1. The highest BCUT2D eigenvalue weighted by atomic mass is 35.5. The minimum Gasteiger partial charge on any atom is -0.496 e. The normalized spacial score (nSPS) is 16.5. The Morgan fingerprint density at radius 1 is 1.17 bits per heavy atom. The van der Waals surface area contributed by atoms with Gasteiger partial charge in [0.2, 0.25) is 0 Å². The quantitative estimate of drug-likeness (QED) is 0.207. The summed E-state index contributed by atoms with van der Waals surface area (Å²) in [6, 6.07) is 19.0. The number of hydrogen-bond donors (Lipinski definition) is 4. The number of nitrogens with zero attached hydrogens (tertiary/aromatic N) is 1. The third kappa shape index (κ3) is 6.89. The average molecular weight is 594 g/mol. The van der Waals surface area contributed by atoms with Gasteiger partial charge in [-0.1, -0.05) is 61.0 Å². The van der Waals surface area contributed by atoms with Crippen LogP contribution in [0.4, 0.5) is 4.79 Å². The molecule has 0 aromatic heterocycles. The van der Waals surface area contributed by atoms with Crippen molar-refractivity contribution in [3.05, 3.63) is 87.9 Å². The molecule has 0 unspecified atom stereocenters. The standard InChI is InChI=1S/C33H40ClN3O5/c1-3-22-8-4-9-23(18-22)30-27(11-5-12-28(30)34)33(41,15-7-16-36-32(39)40)26-10-6-17-37(21-26)31(38)24-13-14-25(20-35)29(19-24)42-2/h4-5,8-9,11-14,18-19,26,36,41H,3,6-7,10,15-17,20-21,35H2,1-2H3,(H,39,40)/t26-,33+/m1/s1. The number of carboxylic acid groups (broad SMARTS) is 1. The van der Waals surface area contributed by atoms with Crippen molar-refractivity contribution in [1.82, 2.24) is 10.2 Å². The van der Waals surface area contributed by atoms with Gasteiger partial charge >= 0.3 is 6.09 Å². The summed E-state index contributed by atoms with van der Waals surface area (Å²) < 4.78 is 5.45. The van der Waals surface area contributed by atoms with E-state index in [-0.39, 0.29) is 18.4 Å². The highest BCUT2D eigenvalue weighted by Crippen LogP contribution is 2.46. The summed E-state index contributed by atoms with van der Waals surface area (Å²) >= 11 is 6.83. The van der Waals surface area contributed by atoms with Crippen molar-refractivity contribution in [2.45, 2.75) is 51.2 Å². The molecule has 2 atom stereocenters. The molecule has 1 heterocycles. The Hall–Kier alpha value is -3.59. The number of likely N-dealkylation sites (tertiary alicyclic amines) is 1. The second kappa shape index (κ2) is 14.1. The van der Waals surface area contributed by atoms with Gasteiger partial charge in [-0.15, -0.1) is 0 Å². The monoisotopic (exact) mass is 593 g/mol. The Balaban J connectivity index is 1.72. The molecule has 224 valence electrons. The van der Waals surface area contributed by atoms with Gasteiger partial charge < -0.3 is 30.9 Å². The largest absolute Gasteiger partial charge is 0.496 e. The smallest absolute Gasteiger partial charge is 0.404 e. The van der Waals surface area contributed by atoms with Crippen molar-refractivity contribution in [2.24, 2.45) is 11.7 Å². The molecule has 0 bridgehead atoms. The van der Waals surface area contributed by atoms with E-state index in [0.717, 1.165) is 28.7 Å². The van der Waals surface area contributed by atoms with Gasteiger partial charge in [-0.05, 0) is 67.0 Å².